The number of rotatable bonds is 4. The van der Waals surface area contributed by atoms with Crippen molar-refractivity contribution in [3.8, 4) is 0 Å². The number of aliphatic hydroxyl groups is 1. The first-order valence-electron chi connectivity index (χ1n) is 5.60. The summed E-state index contributed by atoms with van der Waals surface area (Å²) < 4.78 is 40.1. The van der Waals surface area contributed by atoms with Crippen molar-refractivity contribution in [2.45, 2.75) is 11.5 Å². The highest BCUT2D eigenvalue weighted by Gasteiger charge is 2.19. The van der Waals surface area contributed by atoms with Crippen LogP contribution in [-0.2, 0) is 16.6 Å². The Balaban J connectivity index is 2.41. The predicted molar refractivity (Wildman–Crippen MR) is 74.6 cm³/mol. The summed E-state index contributed by atoms with van der Waals surface area (Å²) in [7, 11) is -3.98. The average Bonchev–Trinajstić information content (AvgIpc) is 2.42. The van der Waals surface area contributed by atoms with E-state index in [1.165, 1.54) is 30.3 Å². The quantitative estimate of drug-likeness (QED) is 0.911. The first kappa shape index (κ1) is 14.8. The SMILES string of the molecule is O=S(=O)(Nc1ccc(Cl)cc1F)c1ccccc1CO. The van der Waals surface area contributed by atoms with Gasteiger partial charge in [0.05, 0.1) is 17.2 Å². The van der Waals surface area contributed by atoms with Gasteiger partial charge < -0.3 is 5.11 Å². The zero-order valence-electron chi connectivity index (χ0n) is 10.2. The molecule has 20 heavy (non-hydrogen) atoms. The Morgan fingerprint density at radius 2 is 1.90 bits per heavy atom. The van der Waals surface area contributed by atoms with Gasteiger partial charge in [0.2, 0.25) is 0 Å². The summed E-state index contributed by atoms with van der Waals surface area (Å²) in [6, 6.07) is 9.56. The molecule has 4 nitrogen and oxygen atoms in total. The molecule has 0 unspecified atom stereocenters. The third kappa shape index (κ3) is 3.09. The van der Waals surface area contributed by atoms with Crippen LogP contribution in [0.4, 0.5) is 10.1 Å². The van der Waals surface area contributed by atoms with E-state index in [9.17, 15) is 12.8 Å². The molecule has 0 amide bonds. The lowest BCUT2D eigenvalue weighted by atomic mass is 10.2. The van der Waals surface area contributed by atoms with Gasteiger partial charge in [0, 0.05) is 5.02 Å². The maximum absolute atomic E-state index is 13.6. The largest absolute Gasteiger partial charge is 0.392 e. The highest BCUT2D eigenvalue weighted by atomic mass is 35.5. The third-order valence-electron chi connectivity index (χ3n) is 2.61. The van der Waals surface area contributed by atoms with E-state index >= 15 is 0 Å². The van der Waals surface area contributed by atoms with Gasteiger partial charge in [-0.25, -0.2) is 12.8 Å². The second-order valence-corrected chi connectivity index (χ2v) is 6.08. The number of aliphatic hydroxyl groups excluding tert-OH is 1. The summed E-state index contributed by atoms with van der Waals surface area (Å²) in [5.41, 5.74) is 0.0246. The van der Waals surface area contributed by atoms with Gasteiger partial charge in [0.1, 0.15) is 5.82 Å². The van der Waals surface area contributed by atoms with Crippen LogP contribution in [0.2, 0.25) is 5.02 Å². The van der Waals surface area contributed by atoms with Crippen molar-refractivity contribution in [3.63, 3.8) is 0 Å². The Kier molecular flexibility index (Phi) is 4.27. The van der Waals surface area contributed by atoms with Crippen LogP contribution in [-0.4, -0.2) is 13.5 Å². The standard InChI is InChI=1S/C13H11ClFNO3S/c14-10-5-6-12(11(15)7-10)16-20(18,19)13-4-2-1-3-9(13)8-17/h1-7,16-17H,8H2. The summed E-state index contributed by atoms with van der Waals surface area (Å²) in [5, 5.41) is 9.32. The van der Waals surface area contributed by atoms with E-state index in [1.807, 2.05) is 0 Å². The molecule has 2 N–H and O–H groups in total. The Morgan fingerprint density at radius 3 is 2.55 bits per heavy atom. The third-order valence-corrected chi connectivity index (χ3v) is 4.31. The van der Waals surface area contributed by atoms with Gasteiger partial charge in [-0.2, -0.15) is 0 Å². The Morgan fingerprint density at radius 1 is 1.20 bits per heavy atom. The molecule has 0 saturated carbocycles. The van der Waals surface area contributed by atoms with Crippen LogP contribution in [0.1, 0.15) is 5.56 Å². The van der Waals surface area contributed by atoms with Gasteiger partial charge in [-0.3, -0.25) is 4.72 Å². The van der Waals surface area contributed by atoms with Gasteiger partial charge in [0.25, 0.3) is 10.0 Å². The molecule has 0 radical (unpaired) electrons. The van der Waals surface area contributed by atoms with E-state index in [-0.39, 0.29) is 21.2 Å². The summed E-state index contributed by atoms with van der Waals surface area (Å²) in [6.07, 6.45) is 0. The molecule has 7 heteroatoms. The lowest BCUT2D eigenvalue weighted by Crippen LogP contribution is -2.15. The number of hydrogen-bond donors (Lipinski definition) is 2. The van der Waals surface area contributed by atoms with Crippen molar-refractivity contribution < 1.29 is 17.9 Å². The molecule has 0 spiro atoms. The molecule has 106 valence electrons. The number of benzene rings is 2. The molecule has 0 atom stereocenters. The molecule has 0 fully saturated rings. The van der Waals surface area contributed by atoms with Crippen molar-refractivity contribution in [1.82, 2.24) is 0 Å². The molecule has 0 bridgehead atoms. The monoisotopic (exact) mass is 315 g/mol. The molecule has 2 aromatic rings. The summed E-state index contributed by atoms with van der Waals surface area (Å²) >= 11 is 5.60. The fraction of sp³-hybridized carbons (Fsp3) is 0.0769. The van der Waals surface area contributed by atoms with Gasteiger partial charge in [-0.1, -0.05) is 29.8 Å². The highest BCUT2D eigenvalue weighted by molar-refractivity contribution is 7.92. The van der Waals surface area contributed by atoms with E-state index in [0.29, 0.717) is 0 Å². The van der Waals surface area contributed by atoms with E-state index in [4.69, 9.17) is 16.7 Å². The lowest BCUT2D eigenvalue weighted by molar-refractivity contribution is 0.278. The number of halogens is 2. The number of sulfonamides is 1. The zero-order valence-corrected chi connectivity index (χ0v) is 11.7. The minimum Gasteiger partial charge on any atom is -0.392 e. The summed E-state index contributed by atoms with van der Waals surface area (Å²) in [5.74, 6) is -0.775. The molecule has 2 aromatic carbocycles. The van der Waals surface area contributed by atoms with Crippen LogP contribution in [0.15, 0.2) is 47.4 Å². The number of hydrogen-bond acceptors (Lipinski definition) is 3. The zero-order chi connectivity index (χ0) is 14.8. The highest BCUT2D eigenvalue weighted by Crippen LogP contribution is 2.23. The number of nitrogens with one attached hydrogen (secondary N) is 1. The molecule has 0 aromatic heterocycles. The van der Waals surface area contributed by atoms with E-state index in [2.05, 4.69) is 4.72 Å². The normalized spacial score (nSPS) is 11.3. The van der Waals surface area contributed by atoms with Crippen LogP contribution in [0.5, 0.6) is 0 Å². The fourth-order valence-corrected chi connectivity index (χ4v) is 3.13. The molecule has 2 rings (SSSR count). The van der Waals surface area contributed by atoms with Crippen LogP contribution >= 0.6 is 11.6 Å². The molecular formula is C13H11ClFNO3S. The van der Waals surface area contributed by atoms with Crippen molar-refractivity contribution in [1.29, 1.82) is 0 Å². The second-order valence-electron chi connectivity index (χ2n) is 4.00. The minimum atomic E-state index is -3.98. The van der Waals surface area contributed by atoms with Crippen molar-refractivity contribution in [2.24, 2.45) is 0 Å². The van der Waals surface area contributed by atoms with Crippen LogP contribution < -0.4 is 4.72 Å². The summed E-state index contributed by atoms with van der Waals surface area (Å²) in [6.45, 7) is -0.430. The molecule has 0 heterocycles. The van der Waals surface area contributed by atoms with E-state index in [1.54, 1.807) is 6.07 Å². The first-order valence-corrected chi connectivity index (χ1v) is 7.47. The van der Waals surface area contributed by atoms with Crippen molar-refractivity contribution >= 4 is 27.3 Å². The summed E-state index contributed by atoms with van der Waals surface area (Å²) in [4.78, 5) is -0.100. The number of anilines is 1. The molecule has 0 aliphatic heterocycles. The van der Waals surface area contributed by atoms with Crippen LogP contribution in [0.25, 0.3) is 0 Å². The van der Waals surface area contributed by atoms with Crippen molar-refractivity contribution in [3.05, 3.63) is 58.9 Å². The lowest BCUT2D eigenvalue weighted by Gasteiger charge is -2.11. The smallest absolute Gasteiger partial charge is 0.262 e. The van der Waals surface area contributed by atoms with Crippen LogP contribution in [0, 0.1) is 5.82 Å². The maximum Gasteiger partial charge on any atom is 0.262 e. The molecule has 0 saturated heterocycles. The fourth-order valence-electron chi connectivity index (χ4n) is 1.67. The van der Waals surface area contributed by atoms with Crippen molar-refractivity contribution in [2.75, 3.05) is 4.72 Å². The van der Waals surface area contributed by atoms with Gasteiger partial charge in [0.15, 0.2) is 0 Å². The topological polar surface area (TPSA) is 66.4 Å². The molecule has 0 aliphatic carbocycles. The van der Waals surface area contributed by atoms with Gasteiger partial charge >= 0.3 is 0 Å². The Labute approximate surface area is 120 Å². The van der Waals surface area contributed by atoms with Gasteiger partial charge in [-0.15, -0.1) is 0 Å². The minimum absolute atomic E-state index is 0.100. The van der Waals surface area contributed by atoms with E-state index < -0.39 is 22.4 Å². The second kappa shape index (κ2) is 5.78. The van der Waals surface area contributed by atoms with E-state index in [0.717, 1.165) is 6.07 Å². The maximum atomic E-state index is 13.6. The Bertz CT molecular complexity index is 734. The molecule has 0 aliphatic rings. The first-order chi connectivity index (χ1) is 9.44. The predicted octanol–water partition coefficient (Wildman–Crippen LogP) is 2.77. The van der Waals surface area contributed by atoms with Crippen LogP contribution in [0.3, 0.4) is 0 Å². The average molecular weight is 316 g/mol. The molecular weight excluding hydrogens is 305 g/mol. The van der Waals surface area contributed by atoms with Gasteiger partial charge in [-0.05, 0) is 29.8 Å². The Hall–Kier alpha value is -1.63.